The summed E-state index contributed by atoms with van der Waals surface area (Å²) < 4.78 is 30.1. The lowest BCUT2D eigenvalue weighted by molar-refractivity contribution is -0.218. The molecule has 1 fully saturated rings. The number of ether oxygens (including phenoxy) is 3. The van der Waals surface area contributed by atoms with Crippen LogP contribution in [0.2, 0.25) is 0 Å². The van der Waals surface area contributed by atoms with Crippen molar-refractivity contribution >= 4 is 12.0 Å². The van der Waals surface area contributed by atoms with E-state index in [9.17, 15) is 24.2 Å². The SMILES string of the molecule is C=C(C)COC1C=CN([C@@H]2O[C@](F)(COC(=O)C(C)C)[C@@H](O)[C@H]2O)C(=O)N1. The lowest BCUT2D eigenvalue weighted by Gasteiger charge is -2.32. The molecule has 0 radical (unpaired) electrons. The molecule has 2 aliphatic heterocycles. The van der Waals surface area contributed by atoms with Crippen LogP contribution in [0.25, 0.3) is 0 Å². The van der Waals surface area contributed by atoms with Gasteiger partial charge in [0.15, 0.2) is 19.1 Å². The maximum Gasteiger partial charge on any atom is 0.325 e. The van der Waals surface area contributed by atoms with E-state index in [1.807, 2.05) is 0 Å². The van der Waals surface area contributed by atoms with Crippen molar-refractivity contribution in [2.75, 3.05) is 13.2 Å². The van der Waals surface area contributed by atoms with E-state index >= 15 is 0 Å². The van der Waals surface area contributed by atoms with Gasteiger partial charge < -0.3 is 29.7 Å². The third kappa shape index (κ3) is 4.83. The number of nitrogens with zero attached hydrogens (tertiary/aromatic N) is 1. The molecule has 0 saturated carbocycles. The summed E-state index contributed by atoms with van der Waals surface area (Å²) in [7, 11) is 0. The van der Waals surface area contributed by atoms with Gasteiger partial charge in [-0.05, 0) is 13.0 Å². The molecule has 5 atom stereocenters. The minimum atomic E-state index is -2.85. The molecule has 2 amide bonds. The predicted octanol–water partition coefficient (Wildman–Crippen LogP) is 0.387. The Morgan fingerprint density at radius 1 is 1.52 bits per heavy atom. The fourth-order valence-electron chi connectivity index (χ4n) is 2.44. The van der Waals surface area contributed by atoms with Gasteiger partial charge >= 0.3 is 12.0 Å². The first-order valence-electron chi connectivity index (χ1n) is 8.48. The highest BCUT2D eigenvalue weighted by atomic mass is 19.2. The molecule has 0 aromatic rings. The van der Waals surface area contributed by atoms with Crippen LogP contribution in [0.5, 0.6) is 0 Å². The fraction of sp³-hybridized carbons (Fsp3) is 0.647. The molecule has 2 aliphatic rings. The van der Waals surface area contributed by atoms with E-state index in [0.29, 0.717) is 0 Å². The number of carbonyl (C=O) groups excluding carboxylic acids is 2. The van der Waals surface area contributed by atoms with Gasteiger partial charge in [-0.1, -0.05) is 26.0 Å². The number of carbonyl (C=O) groups is 2. The third-order valence-electron chi connectivity index (χ3n) is 3.96. The first kappa shape index (κ1) is 21.3. The Morgan fingerprint density at radius 2 is 2.19 bits per heavy atom. The number of aliphatic hydroxyl groups excluding tert-OH is 2. The molecule has 9 nitrogen and oxygen atoms in total. The van der Waals surface area contributed by atoms with Crippen LogP contribution in [-0.2, 0) is 19.0 Å². The van der Waals surface area contributed by atoms with Crippen LogP contribution in [0.1, 0.15) is 20.8 Å². The van der Waals surface area contributed by atoms with E-state index in [4.69, 9.17) is 14.2 Å². The summed E-state index contributed by atoms with van der Waals surface area (Å²) in [5.74, 6) is -4.04. The molecule has 1 saturated heterocycles. The highest BCUT2D eigenvalue weighted by Crippen LogP contribution is 2.35. The number of amides is 2. The molecule has 3 N–H and O–H groups in total. The standard InChI is InChI=1S/C17H25FN2O7/c1-9(2)7-25-11-5-6-20(16(24)19-11)14-12(21)13(22)17(18,27-14)8-26-15(23)10(3)4/h5-6,10-14,21-22H,1,7-8H2,2-4H3,(H,19,24)/t11?,12-,13+,14-,17-/m1/s1. The molecule has 2 rings (SSSR count). The lowest BCUT2D eigenvalue weighted by atomic mass is 10.1. The van der Waals surface area contributed by atoms with Gasteiger partial charge in [-0.3, -0.25) is 9.69 Å². The minimum Gasteiger partial charge on any atom is -0.459 e. The first-order valence-corrected chi connectivity index (χ1v) is 8.48. The Hall–Kier alpha value is -2.01. The summed E-state index contributed by atoms with van der Waals surface area (Å²) >= 11 is 0. The van der Waals surface area contributed by atoms with Crippen LogP contribution in [0.15, 0.2) is 24.4 Å². The minimum absolute atomic E-state index is 0.228. The Kier molecular flexibility index (Phi) is 6.58. The van der Waals surface area contributed by atoms with Gasteiger partial charge in [-0.25, -0.2) is 9.18 Å². The molecule has 27 heavy (non-hydrogen) atoms. The number of hydrogen-bond donors (Lipinski definition) is 3. The zero-order valence-electron chi connectivity index (χ0n) is 15.4. The van der Waals surface area contributed by atoms with Gasteiger partial charge in [0.05, 0.1) is 12.5 Å². The van der Waals surface area contributed by atoms with Crippen LogP contribution in [0, 0.1) is 5.92 Å². The van der Waals surface area contributed by atoms with Gasteiger partial charge in [-0.15, -0.1) is 0 Å². The zero-order valence-corrected chi connectivity index (χ0v) is 15.4. The second-order valence-electron chi connectivity index (χ2n) is 6.88. The van der Waals surface area contributed by atoms with Gasteiger partial charge in [-0.2, -0.15) is 0 Å². The van der Waals surface area contributed by atoms with Crippen molar-refractivity contribution in [2.45, 2.75) is 51.3 Å². The Labute approximate surface area is 156 Å². The molecular weight excluding hydrogens is 363 g/mol. The van der Waals surface area contributed by atoms with Crippen LogP contribution in [0.4, 0.5) is 9.18 Å². The first-order chi connectivity index (χ1) is 12.5. The fourth-order valence-corrected chi connectivity index (χ4v) is 2.44. The third-order valence-corrected chi connectivity index (χ3v) is 3.96. The Morgan fingerprint density at radius 3 is 2.74 bits per heavy atom. The highest BCUT2D eigenvalue weighted by Gasteiger charge is 2.58. The maximum absolute atomic E-state index is 14.9. The molecule has 152 valence electrons. The van der Waals surface area contributed by atoms with E-state index in [-0.39, 0.29) is 6.61 Å². The highest BCUT2D eigenvalue weighted by molar-refractivity contribution is 5.77. The number of hydrogen-bond acceptors (Lipinski definition) is 7. The van der Waals surface area contributed by atoms with Crippen molar-refractivity contribution in [3.8, 4) is 0 Å². The number of esters is 1. The van der Waals surface area contributed by atoms with Gasteiger partial charge in [0.2, 0.25) is 0 Å². The topological polar surface area (TPSA) is 118 Å². The maximum atomic E-state index is 14.9. The average molecular weight is 388 g/mol. The van der Waals surface area contributed by atoms with Crippen molar-refractivity contribution in [2.24, 2.45) is 5.92 Å². The summed E-state index contributed by atoms with van der Waals surface area (Å²) in [6.45, 7) is 7.88. The van der Waals surface area contributed by atoms with Crippen molar-refractivity contribution in [1.82, 2.24) is 10.2 Å². The molecule has 0 aromatic heterocycles. The van der Waals surface area contributed by atoms with Crippen LogP contribution in [-0.4, -0.2) is 70.8 Å². The molecule has 2 heterocycles. The molecule has 10 heteroatoms. The van der Waals surface area contributed by atoms with Gasteiger partial charge in [0.25, 0.3) is 5.85 Å². The number of urea groups is 1. The molecular formula is C17H25FN2O7. The molecule has 0 aromatic carbocycles. The Bertz CT molecular complexity index is 626. The average Bonchev–Trinajstić information content (AvgIpc) is 2.82. The Balaban J connectivity index is 2.04. The lowest BCUT2D eigenvalue weighted by Crippen LogP contribution is -2.53. The van der Waals surface area contributed by atoms with Crippen molar-refractivity contribution in [1.29, 1.82) is 0 Å². The van der Waals surface area contributed by atoms with Crippen LogP contribution < -0.4 is 5.32 Å². The van der Waals surface area contributed by atoms with E-state index in [0.717, 1.165) is 10.5 Å². The predicted molar refractivity (Wildman–Crippen MR) is 90.6 cm³/mol. The number of aliphatic hydroxyl groups is 2. The summed E-state index contributed by atoms with van der Waals surface area (Å²) in [6, 6.07) is -0.719. The van der Waals surface area contributed by atoms with E-state index < -0.39 is 55.0 Å². The van der Waals surface area contributed by atoms with Crippen molar-refractivity contribution < 1.29 is 38.4 Å². The van der Waals surface area contributed by atoms with Crippen LogP contribution in [0.3, 0.4) is 0 Å². The van der Waals surface area contributed by atoms with E-state index in [1.54, 1.807) is 20.8 Å². The monoisotopic (exact) mass is 388 g/mol. The van der Waals surface area contributed by atoms with Crippen LogP contribution >= 0.6 is 0 Å². The molecule has 1 unspecified atom stereocenters. The zero-order chi connectivity index (χ0) is 20.4. The number of alkyl halides is 1. The van der Waals surface area contributed by atoms with E-state index in [2.05, 4.69) is 11.9 Å². The molecule has 0 bridgehead atoms. The second-order valence-corrected chi connectivity index (χ2v) is 6.88. The van der Waals surface area contributed by atoms with Gasteiger partial charge in [0.1, 0.15) is 12.2 Å². The number of halogens is 1. The normalized spacial score (nSPS) is 33.3. The van der Waals surface area contributed by atoms with E-state index in [1.165, 1.54) is 12.3 Å². The second kappa shape index (κ2) is 8.34. The molecule has 0 spiro atoms. The quantitative estimate of drug-likeness (QED) is 0.426. The summed E-state index contributed by atoms with van der Waals surface area (Å²) in [5, 5.41) is 22.6. The summed E-state index contributed by atoms with van der Waals surface area (Å²) in [6.07, 6.45) is -3.28. The number of rotatable bonds is 7. The smallest absolute Gasteiger partial charge is 0.325 e. The molecule has 0 aliphatic carbocycles. The van der Waals surface area contributed by atoms with Crippen molar-refractivity contribution in [3.05, 3.63) is 24.4 Å². The van der Waals surface area contributed by atoms with Gasteiger partial charge in [0, 0.05) is 6.20 Å². The number of nitrogens with one attached hydrogen (secondary N) is 1. The van der Waals surface area contributed by atoms with Crippen molar-refractivity contribution in [3.63, 3.8) is 0 Å². The summed E-state index contributed by atoms with van der Waals surface area (Å²) in [4.78, 5) is 24.6. The summed E-state index contributed by atoms with van der Waals surface area (Å²) in [5.41, 5.74) is 0.760. The largest absolute Gasteiger partial charge is 0.459 e.